The maximum atomic E-state index is 12.2. The Labute approximate surface area is 98.4 Å². The van der Waals surface area contributed by atoms with Crippen molar-refractivity contribution in [1.82, 2.24) is 0 Å². The summed E-state index contributed by atoms with van der Waals surface area (Å²) in [4.78, 5) is 0. The average molecular weight is 279 g/mol. The molecule has 0 radical (unpaired) electrons. The zero-order chi connectivity index (χ0) is 11.8. The molecule has 1 aromatic rings. The van der Waals surface area contributed by atoms with Crippen LogP contribution in [-0.2, 0) is 0 Å². The van der Waals surface area contributed by atoms with Crippen LogP contribution in [-0.4, -0.2) is 11.3 Å². The number of alkyl halides is 3. The van der Waals surface area contributed by atoms with Crippen molar-refractivity contribution in [2.24, 2.45) is 0 Å². The maximum Gasteiger partial charge on any atom is 0.418 e. The van der Waals surface area contributed by atoms with Crippen LogP contribution < -0.4 is 0 Å². The third-order valence-corrected chi connectivity index (χ3v) is 2.66. The molecule has 1 nitrogen and oxygen atoms in total. The van der Waals surface area contributed by atoms with Gasteiger partial charge >= 0.3 is 6.18 Å². The van der Waals surface area contributed by atoms with E-state index in [-0.39, 0.29) is 15.1 Å². The van der Waals surface area contributed by atoms with E-state index in [2.05, 4.69) is 0 Å². The zero-order valence-electron chi connectivity index (χ0n) is 6.95. The molecule has 1 rings (SSSR count). The van der Waals surface area contributed by atoms with E-state index in [1.807, 2.05) is 0 Å². The Morgan fingerprint density at radius 3 is 2.13 bits per heavy atom. The molecule has 15 heavy (non-hydrogen) atoms. The van der Waals surface area contributed by atoms with Crippen LogP contribution in [0.5, 0.6) is 0 Å². The largest absolute Gasteiger partial charge is 0.418 e. The van der Waals surface area contributed by atoms with Crippen LogP contribution >= 0.6 is 34.8 Å². The second-order valence-electron chi connectivity index (χ2n) is 2.73. The van der Waals surface area contributed by atoms with Crippen molar-refractivity contribution in [1.29, 1.82) is 0 Å². The molecule has 84 valence electrons. The number of rotatable bonds is 1. The first-order chi connectivity index (χ1) is 6.73. The molecule has 1 unspecified atom stereocenters. The minimum atomic E-state index is -4.81. The van der Waals surface area contributed by atoms with Gasteiger partial charge in [0.1, 0.15) is 0 Å². The summed E-state index contributed by atoms with van der Waals surface area (Å²) in [5, 5.41) is 8.44. The van der Waals surface area contributed by atoms with Gasteiger partial charge in [0.2, 0.25) is 0 Å². The molecular formula is C8H4Cl3F3O. The number of aliphatic hydroxyl groups is 1. The third kappa shape index (κ3) is 2.91. The van der Waals surface area contributed by atoms with Crippen molar-refractivity contribution in [2.45, 2.75) is 12.3 Å². The van der Waals surface area contributed by atoms with Gasteiger partial charge in [0.25, 0.3) is 0 Å². The highest BCUT2D eigenvalue weighted by Gasteiger charge is 2.40. The highest BCUT2D eigenvalue weighted by atomic mass is 35.5. The molecule has 0 aliphatic rings. The SMILES string of the molecule is OC(c1cc(Cl)cc(Cl)c1Cl)C(F)(F)F. The quantitative estimate of drug-likeness (QED) is 0.762. The highest BCUT2D eigenvalue weighted by molar-refractivity contribution is 6.43. The Hall–Kier alpha value is -0.160. The van der Waals surface area contributed by atoms with E-state index < -0.39 is 17.8 Å². The van der Waals surface area contributed by atoms with Gasteiger partial charge in [-0.3, -0.25) is 0 Å². The number of hydrogen-bond donors (Lipinski definition) is 1. The summed E-state index contributed by atoms with van der Waals surface area (Å²) in [6, 6.07) is 2.12. The van der Waals surface area contributed by atoms with Gasteiger partial charge in [-0.1, -0.05) is 34.8 Å². The van der Waals surface area contributed by atoms with Crippen molar-refractivity contribution < 1.29 is 18.3 Å². The molecule has 1 aromatic carbocycles. The number of aliphatic hydroxyl groups excluding tert-OH is 1. The Bertz CT molecular complexity index is 378. The van der Waals surface area contributed by atoms with Gasteiger partial charge in [0, 0.05) is 10.6 Å². The van der Waals surface area contributed by atoms with Gasteiger partial charge in [0.15, 0.2) is 6.10 Å². The molecule has 0 amide bonds. The van der Waals surface area contributed by atoms with Gasteiger partial charge in [-0.15, -0.1) is 0 Å². The molecule has 1 N–H and O–H groups in total. The zero-order valence-corrected chi connectivity index (χ0v) is 9.21. The second-order valence-corrected chi connectivity index (χ2v) is 3.96. The predicted octanol–water partition coefficient (Wildman–Crippen LogP) is 4.24. The lowest BCUT2D eigenvalue weighted by atomic mass is 10.1. The van der Waals surface area contributed by atoms with E-state index in [1.54, 1.807) is 0 Å². The van der Waals surface area contributed by atoms with Crippen LogP contribution in [0, 0.1) is 0 Å². The predicted molar refractivity (Wildman–Crippen MR) is 52.5 cm³/mol. The molecule has 0 saturated carbocycles. The second kappa shape index (κ2) is 4.37. The maximum absolute atomic E-state index is 12.2. The van der Waals surface area contributed by atoms with Gasteiger partial charge < -0.3 is 5.11 Å². The number of halogens is 6. The average Bonchev–Trinajstić information content (AvgIpc) is 2.08. The highest BCUT2D eigenvalue weighted by Crippen LogP contribution is 2.40. The van der Waals surface area contributed by atoms with Crippen LogP contribution in [0.25, 0.3) is 0 Å². The normalized spacial score (nSPS) is 14.1. The molecule has 0 spiro atoms. The minimum absolute atomic E-state index is 0.0253. The van der Waals surface area contributed by atoms with Crippen molar-refractivity contribution in [2.75, 3.05) is 0 Å². The van der Waals surface area contributed by atoms with Crippen LogP contribution in [0.1, 0.15) is 11.7 Å². The lowest BCUT2D eigenvalue weighted by Crippen LogP contribution is -2.20. The van der Waals surface area contributed by atoms with Crippen LogP contribution in [0.4, 0.5) is 13.2 Å². The lowest BCUT2D eigenvalue weighted by molar-refractivity contribution is -0.206. The van der Waals surface area contributed by atoms with Crippen molar-refractivity contribution in [3.8, 4) is 0 Å². The standard InChI is InChI=1S/C8H4Cl3F3O/c9-3-1-4(6(11)5(10)2-3)7(15)8(12,13)14/h1-2,7,15H. The molecule has 0 fully saturated rings. The molecule has 0 saturated heterocycles. The Morgan fingerprint density at radius 2 is 1.67 bits per heavy atom. The lowest BCUT2D eigenvalue weighted by Gasteiger charge is -2.16. The van der Waals surface area contributed by atoms with Crippen molar-refractivity contribution in [3.05, 3.63) is 32.8 Å². The molecule has 0 aliphatic heterocycles. The molecular weight excluding hydrogens is 275 g/mol. The fourth-order valence-corrected chi connectivity index (χ4v) is 1.67. The first-order valence-corrected chi connectivity index (χ1v) is 4.76. The summed E-state index contributed by atoms with van der Waals surface area (Å²) >= 11 is 16.5. The van der Waals surface area contributed by atoms with E-state index >= 15 is 0 Å². The summed E-state index contributed by atoms with van der Waals surface area (Å²) in [6.45, 7) is 0. The molecule has 0 aromatic heterocycles. The summed E-state index contributed by atoms with van der Waals surface area (Å²) in [7, 11) is 0. The fourth-order valence-electron chi connectivity index (χ4n) is 0.951. The van der Waals surface area contributed by atoms with Crippen LogP contribution in [0.15, 0.2) is 12.1 Å². The fraction of sp³-hybridized carbons (Fsp3) is 0.250. The molecule has 7 heteroatoms. The molecule has 0 aliphatic carbocycles. The van der Waals surface area contributed by atoms with Crippen molar-refractivity contribution in [3.63, 3.8) is 0 Å². The summed E-state index contributed by atoms with van der Waals surface area (Å²) in [5.41, 5.74) is -0.554. The summed E-state index contributed by atoms with van der Waals surface area (Å²) in [5.74, 6) is 0. The Kier molecular flexibility index (Phi) is 3.76. The summed E-state index contributed by atoms with van der Waals surface area (Å²) in [6.07, 6.45) is -7.50. The third-order valence-electron chi connectivity index (χ3n) is 1.63. The van der Waals surface area contributed by atoms with Gasteiger partial charge in [0.05, 0.1) is 10.0 Å². The van der Waals surface area contributed by atoms with Gasteiger partial charge in [-0.05, 0) is 12.1 Å². The van der Waals surface area contributed by atoms with Gasteiger partial charge in [-0.2, -0.15) is 13.2 Å². The Balaban J connectivity index is 3.25. The molecule has 1 atom stereocenters. The topological polar surface area (TPSA) is 20.2 Å². The first-order valence-electron chi connectivity index (χ1n) is 3.62. The molecule has 0 bridgehead atoms. The van der Waals surface area contributed by atoms with E-state index in [0.717, 1.165) is 6.07 Å². The van der Waals surface area contributed by atoms with E-state index in [4.69, 9.17) is 39.9 Å². The van der Waals surface area contributed by atoms with E-state index in [9.17, 15) is 13.2 Å². The first kappa shape index (κ1) is 12.9. The Morgan fingerprint density at radius 1 is 1.13 bits per heavy atom. The smallest absolute Gasteiger partial charge is 0.379 e. The molecule has 0 heterocycles. The summed E-state index contributed by atoms with van der Waals surface area (Å²) < 4.78 is 36.6. The van der Waals surface area contributed by atoms with Gasteiger partial charge in [-0.25, -0.2) is 0 Å². The van der Waals surface area contributed by atoms with Crippen LogP contribution in [0.3, 0.4) is 0 Å². The monoisotopic (exact) mass is 278 g/mol. The number of hydrogen-bond acceptors (Lipinski definition) is 1. The van der Waals surface area contributed by atoms with E-state index in [1.165, 1.54) is 6.07 Å². The van der Waals surface area contributed by atoms with Crippen LogP contribution in [0.2, 0.25) is 15.1 Å². The number of benzene rings is 1. The van der Waals surface area contributed by atoms with E-state index in [0.29, 0.717) is 0 Å². The minimum Gasteiger partial charge on any atom is -0.379 e. The van der Waals surface area contributed by atoms with Crippen molar-refractivity contribution >= 4 is 34.8 Å².